The molecule has 0 saturated heterocycles. The molecule has 3 unspecified atom stereocenters. The fourth-order valence-electron chi connectivity index (χ4n) is 7.54. The van der Waals surface area contributed by atoms with E-state index in [0.717, 1.165) is 83.5 Å². The number of carbonyl (C=O) groups is 2. The van der Waals surface area contributed by atoms with Crippen molar-refractivity contribution in [3.05, 3.63) is 109 Å². The van der Waals surface area contributed by atoms with Gasteiger partial charge in [0, 0.05) is 12.8 Å². The Balaban J connectivity index is 5.49. The highest BCUT2D eigenvalue weighted by Crippen LogP contribution is 2.38. The highest BCUT2D eigenvalue weighted by atomic mass is 31.2. The van der Waals surface area contributed by atoms with Crippen molar-refractivity contribution >= 4 is 19.7 Å². The smallest absolute Gasteiger partial charge is 0.306 e. The van der Waals surface area contributed by atoms with Crippen LogP contribution in [-0.4, -0.2) is 69.4 Å². The highest BCUT2D eigenvalue weighted by Gasteiger charge is 2.27. The number of esters is 1. The van der Waals surface area contributed by atoms with Gasteiger partial charge in [0.05, 0.1) is 33.8 Å². The molecule has 0 aromatic rings. The number of quaternary nitrogens is 1. The molecule has 1 amide bonds. The second-order valence-electron chi connectivity index (χ2n) is 20.1. The van der Waals surface area contributed by atoms with Crippen LogP contribution in [0.25, 0.3) is 0 Å². The number of phosphoric ester groups is 1. The van der Waals surface area contributed by atoms with Gasteiger partial charge < -0.3 is 28.5 Å². The summed E-state index contributed by atoms with van der Waals surface area (Å²) in [6.07, 6.45) is 69.3. The summed E-state index contributed by atoms with van der Waals surface area (Å²) in [4.78, 5) is 39.8. The molecule has 9 nitrogen and oxygen atoms in total. The largest absolute Gasteiger partial charge is 0.756 e. The van der Waals surface area contributed by atoms with E-state index in [4.69, 9.17) is 13.8 Å². The van der Waals surface area contributed by atoms with Crippen molar-refractivity contribution in [1.29, 1.82) is 0 Å². The molecule has 72 heavy (non-hydrogen) atoms. The van der Waals surface area contributed by atoms with Crippen LogP contribution >= 0.6 is 7.82 Å². The summed E-state index contributed by atoms with van der Waals surface area (Å²) >= 11 is 0. The maximum absolute atomic E-state index is 13.5. The number of amides is 1. The Morgan fingerprint density at radius 2 is 0.944 bits per heavy atom. The van der Waals surface area contributed by atoms with Crippen molar-refractivity contribution < 1.29 is 37.3 Å². The molecule has 0 fully saturated rings. The molecule has 10 heteroatoms. The van der Waals surface area contributed by atoms with E-state index >= 15 is 0 Å². The topological polar surface area (TPSA) is 114 Å². The van der Waals surface area contributed by atoms with Crippen molar-refractivity contribution in [2.45, 2.75) is 232 Å². The quantitative estimate of drug-likeness (QED) is 0.0161. The standard InChI is InChI=1S/C62H107N2O7P/c1-7-10-13-16-19-22-25-27-29-31-32-33-35-37-40-43-46-49-52-55-62(66)71-60(53-50-47-44-41-38-24-21-18-15-12-9-3)59(58-70-72(67,68)69-57-56-64(4,5)6)63-61(65)54-51-48-45-42-39-36-34-30-28-26-23-20-17-14-11-8-2/h10,13,19,22,27,29-30,32-34,36-37,39-40,46,49-50,53,59-60H,7-9,11-12,14-18,20-21,23-26,28,31,35,38,41-45,47-48,51-52,54-58H2,1-6H3,(H-,63,65,67,68)/b13-10-,22-19-,29-27-,33-32-,34-30+,39-36+,40-37-,49-46-,53-50+. The Bertz CT molecular complexity index is 1600. The Morgan fingerprint density at radius 3 is 1.42 bits per heavy atom. The molecule has 0 heterocycles. The molecule has 0 saturated carbocycles. The van der Waals surface area contributed by atoms with E-state index in [1.165, 1.54) is 89.9 Å². The van der Waals surface area contributed by atoms with Crippen molar-refractivity contribution in [3.8, 4) is 0 Å². The van der Waals surface area contributed by atoms with Gasteiger partial charge in [-0.3, -0.25) is 14.2 Å². The van der Waals surface area contributed by atoms with Crippen molar-refractivity contribution in [2.24, 2.45) is 0 Å². The SMILES string of the molecule is CC/C=C\C/C=C\C/C=C\C/C=C\C/C=C\C/C=C\CCC(=O)OC(/C=C/CCCCCCCCCCC)C(COP(=O)([O-])OCC[N+](C)(C)C)NC(=O)CCCCC/C=C/C=C/CCCCCCCCC. The van der Waals surface area contributed by atoms with Gasteiger partial charge in [-0.25, -0.2) is 0 Å². The Morgan fingerprint density at radius 1 is 0.514 bits per heavy atom. The summed E-state index contributed by atoms with van der Waals surface area (Å²) in [5.74, 6) is -0.679. The van der Waals surface area contributed by atoms with Gasteiger partial charge in [0.2, 0.25) is 5.91 Å². The van der Waals surface area contributed by atoms with Gasteiger partial charge >= 0.3 is 5.97 Å². The summed E-state index contributed by atoms with van der Waals surface area (Å²) in [5.41, 5.74) is 0. The second-order valence-corrected chi connectivity index (χ2v) is 21.5. The zero-order valence-corrected chi connectivity index (χ0v) is 47.7. The van der Waals surface area contributed by atoms with E-state index in [0.29, 0.717) is 23.9 Å². The van der Waals surface area contributed by atoms with Crippen LogP contribution in [0.5, 0.6) is 0 Å². The van der Waals surface area contributed by atoms with Gasteiger partial charge in [-0.1, -0.05) is 220 Å². The number of hydrogen-bond acceptors (Lipinski definition) is 7. The molecule has 0 radical (unpaired) electrons. The zero-order chi connectivity index (χ0) is 52.9. The van der Waals surface area contributed by atoms with Crippen LogP contribution in [0.3, 0.4) is 0 Å². The van der Waals surface area contributed by atoms with E-state index in [9.17, 15) is 19.0 Å². The Hall–Kier alpha value is -3.33. The van der Waals surface area contributed by atoms with Gasteiger partial charge in [-0.15, -0.1) is 0 Å². The summed E-state index contributed by atoms with van der Waals surface area (Å²) in [7, 11) is 1.11. The summed E-state index contributed by atoms with van der Waals surface area (Å²) in [6.45, 7) is 6.62. The molecule has 412 valence electrons. The Labute approximate surface area is 442 Å². The van der Waals surface area contributed by atoms with Gasteiger partial charge in [-0.2, -0.15) is 0 Å². The number of likely N-dealkylation sites (N-methyl/N-ethyl adjacent to an activating group) is 1. The predicted octanol–water partition coefficient (Wildman–Crippen LogP) is 16.7. The molecule has 0 aromatic carbocycles. The minimum atomic E-state index is -4.72. The first kappa shape index (κ1) is 68.7. The first-order valence-corrected chi connectivity index (χ1v) is 30.2. The number of hydrogen-bond donors (Lipinski definition) is 1. The number of phosphoric acid groups is 1. The van der Waals surface area contributed by atoms with Crippen molar-refractivity contribution in [3.63, 3.8) is 0 Å². The number of allylic oxidation sites excluding steroid dienone is 17. The molecule has 1 N–H and O–H groups in total. The molecule has 0 rings (SSSR count). The van der Waals surface area contributed by atoms with E-state index in [2.05, 4.69) is 111 Å². The van der Waals surface area contributed by atoms with Crippen LogP contribution in [0, 0.1) is 0 Å². The van der Waals surface area contributed by atoms with E-state index in [1.54, 1.807) is 6.08 Å². The molecule has 0 aliphatic heterocycles. The number of rotatable bonds is 50. The lowest BCUT2D eigenvalue weighted by molar-refractivity contribution is -0.870. The average molecular weight is 1020 g/mol. The maximum atomic E-state index is 13.5. The van der Waals surface area contributed by atoms with Gasteiger partial charge in [0.25, 0.3) is 7.82 Å². The molecule has 0 bridgehead atoms. The summed E-state index contributed by atoms with van der Waals surface area (Å²) in [6, 6.07) is -0.938. The summed E-state index contributed by atoms with van der Waals surface area (Å²) in [5, 5.41) is 2.98. The fraction of sp³-hybridized carbons (Fsp3) is 0.677. The monoisotopic (exact) mass is 1020 g/mol. The maximum Gasteiger partial charge on any atom is 0.306 e. The molecular weight excluding hydrogens is 916 g/mol. The third-order valence-corrected chi connectivity index (χ3v) is 12.9. The van der Waals surface area contributed by atoms with Gasteiger partial charge in [0.15, 0.2) is 0 Å². The van der Waals surface area contributed by atoms with Gasteiger partial charge in [0.1, 0.15) is 19.3 Å². The van der Waals surface area contributed by atoms with E-state index in [1.807, 2.05) is 39.4 Å². The number of nitrogens with zero attached hydrogens (tertiary/aromatic N) is 1. The molecule has 0 spiro atoms. The van der Waals surface area contributed by atoms with Crippen molar-refractivity contribution in [2.75, 3.05) is 40.9 Å². The number of ether oxygens (including phenoxy) is 1. The Kier molecular flexibility index (Phi) is 48.8. The lowest BCUT2D eigenvalue weighted by atomic mass is 10.1. The average Bonchev–Trinajstić information content (AvgIpc) is 3.34. The van der Waals surface area contributed by atoms with Crippen LogP contribution in [0.2, 0.25) is 0 Å². The minimum Gasteiger partial charge on any atom is -0.756 e. The number of unbranched alkanes of at least 4 members (excludes halogenated alkanes) is 19. The highest BCUT2D eigenvalue weighted by molar-refractivity contribution is 7.45. The normalized spacial score (nSPS) is 14.6. The molecular formula is C62H107N2O7P. The lowest BCUT2D eigenvalue weighted by Gasteiger charge is -2.30. The van der Waals surface area contributed by atoms with Crippen molar-refractivity contribution in [1.82, 2.24) is 5.32 Å². The lowest BCUT2D eigenvalue weighted by Crippen LogP contribution is -2.47. The van der Waals surface area contributed by atoms with Crippen LogP contribution in [-0.2, 0) is 27.9 Å². The third-order valence-electron chi connectivity index (χ3n) is 12.0. The van der Waals surface area contributed by atoms with Gasteiger partial charge in [-0.05, 0) is 96.0 Å². The predicted molar refractivity (Wildman–Crippen MR) is 307 cm³/mol. The fourth-order valence-corrected chi connectivity index (χ4v) is 8.26. The number of carbonyl (C=O) groups excluding carboxylic acids is 2. The van der Waals surface area contributed by atoms with Crippen LogP contribution < -0.4 is 10.2 Å². The second kappa shape index (κ2) is 51.2. The summed E-state index contributed by atoms with van der Waals surface area (Å²) < 4.78 is 30.1. The molecule has 3 atom stereocenters. The molecule has 0 aliphatic carbocycles. The first-order chi connectivity index (χ1) is 34.9. The number of nitrogens with one attached hydrogen (secondary N) is 1. The van der Waals surface area contributed by atoms with Crippen LogP contribution in [0.1, 0.15) is 220 Å². The van der Waals surface area contributed by atoms with Crippen LogP contribution in [0.15, 0.2) is 109 Å². The first-order valence-electron chi connectivity index (χ1n) is 28.7. The molecule has 0 aromatic heterocycles. The minimum absolute atomic E-state index is 0.0440. The third kappa shape index (κ3) is 51.6. The van der Waals surface area contributed by atoms with Crippen LogP contribution in [0.4, 0.5) is 0 Å². The zero-order valence-electron chi connectivity index (χ0n) is 46.8. The van der Waals surface area contributed by atoms with E-state index < -0.39 is 32.5 Å². The van der Waals surface area contributed by atoms with E-state index in [-0.39, 0.29) is 25.4 Å². The molecule has 0 aliphatic rings.